The van der Waals surface area contributed by atoms with E-state index in [1.54, 1.807) is 0 Å². The first-order valence-corrected chi connectivity index (χ1v) is 6.81. The quantitative estimate of drug-likeness (QED) is 0.888. The fourth-order valence-corrected chi connectivity index (χ4v) is 2.54. The van der Waals surface area contributed by atoms with Crippen LogP contribution < -0.4 is 10.2 Å². The minimum atomic E-state index is 0.138. The third kappa shape index (κ3) is 2.91. The van der Waals surface area contributed by atoms with Gasteiger partial charge in [-0.2, -0.15) is 0 Å². The lowest BCUT2D eigenvalue weighted by molar-refractivity contribution is -0.122. The summed E-state index contributed by atoms with van der Waals surface area (Å²) in [6.45, 7) is 6.70. The Labute approximate surface area is 109 Å². The first-order chi connectivity index (χ1) is 8.72. The van der Waals surface area contributed by atoms with Gasteiger partial charge in [0.15, 0.2) is 0 Å². The lowest BCUT2D eigenvalue weighted by atomic mass is 9.97. The molecule has 1 aliphatic rings. The number of carbonyl (C=O) groups excluding carboxylic acids is 1. The maximum absolute atomic E-state index is 12.5. The predicted molar refractivity (Wildman–Crippen MR) is 74.8 cm³/mol. The maximum Gasteiger partial charge on any atom is 0.231 e. The number of hydrogen-bond acceptors (Lipinski definition) is 2. The number of carbonyl (C=O) groups is 1. The molecule has 0 saturated carbocycles. The third-order valence-corrected chi connectivity index (χ3v) is 3.54. The van der Waals surface area contributed by atoms with Gasteiger partial charge in [-0.3, -0.25) is 4.79 Å². The van der Waals surface area contributed by atoms with Crippen LogP contribution in [0.25, 0.3) is 0 Å². The molecule has 18 heavy (non-hydrogen) atoms. The molecule has 1 unspecified atom stereocenters. The van der Waals surface area contributed by atoms with Gasteiger partial charge in [0, 0.05) is 18.8 Å². The zero-order chi connectivity index (χ0) is 13.0. The largest absolute Gasteiger partial charge is 0.316 e. The average Bonchev–Trinajstić information content (AvgIpc) is 2.40. The molecule has 1 aliphatic heterocycles. The monoisotopic (exact) mass is 246 g/mol. The normalized spacial score (nSPS) is 19.6. The number of nitrogens with one attached hydrogen (secondary N) is 1. The van der Waals surface area contributed by atoms with Crippen LogP contribution >= 0.6 is 0 Å². The van der Waals surface area contributed by atoms with Crippen molar-refractivity contribution in [2.75, 3.05) is 24.5 Å². The molecule has 0 spiro atoms. The first-order valence-electron chi connectivity index (χ1n) is 6.81. The van der Waals surface area contributed by atoms with Crippen LogP contribution in [0.5, 0.6) is 0 Å². The van der Waals surface area contributed by atoms with E-state index in [4.69, 9.17) is 0 Å². The van der Waals surface area contributed by atoms with Crippen LogP contribution in [0.3, 0.4) is 0 Å². The number of amides is 1. The number of benzene rings is 1. The lowest BCUT2D eigenvalue weighted by Gasteiger charge is -2.29. The van der Waals surface area contributed by atoms with Gasteiger partial charge in [-0.05, 0) is 50.9 Å². The van der Waals surface area contributed by atoms with Gasteiger partial charge in [0.05, 0.1) is 5.92 Å². The van der Waals surface area contributed by atoms with E-state index in [0.29, 0.717) is 0 Å². The molecule has 3 nitrogen and oxygen atoms in total. The van der Waals surface area contributed by atoms with Gasteiger partial charge in [0.1, 0.15) is 0 Å². The molecule has 3 heteroatoms. The Morgan fingerprint density at radius 1 is 1.50 bits per heavy atom. The second kappa shape index (κ2) is 6.01. The fraction of sp³-hybridized carbons (Fsp3) is 0.533. The van der Waals surface area contributed by atoms with Crippen LogP contribution in [-0.2, 0) is 4.79 Å². The van der Waals surface area contributed by atoms with Crippen LogP contribution in [0.4, 0.5) is 5.69 Å². The highest BCUT2D eigenvalue weighted by Gasteiger charge is 2.25. The molecule has 0 aromatic heterocycles. The molecular weight excluding hydrogens is 224 g/mol. The van der Waals surface area contributed by atoms with E-state index in [2.05, 4.69) is 24.4 Å². The number of piperidine rings is 1. The minimum Gasteiger partial charge on any atom is -0.316 e. The highest BCUT2D eigenvalue weighted by molar-refractivity contribution is 5.95. The van der Waals surface area contributed by atoms with Crippen molar-refractivity contribution in [3.05, 3.63) is 29.8 Å². The standard InChI is InChI=1S/C15H22N2O/c1-3-17(14-8-4-6-12(2)10-14)15(18)13-7-5-9-16-11-13/h4,6,8,10,13,16H,3,5,7,9,11H2,1-2H3. The molecule has 1 fully saturated rings. The van der Waals surface area contributed by atoms with Gasteiger partial charge < -0.3 is 10.2 Å². The summed E-state index contributed by atoms with van der Waals surface area (Å²) >= 11 is 0. The number of aryl methyl sites for hydroxylation is 1. The molecule has 1 aromatic carbocycles. The van der Waals surface area contributed by atoms with Gasteiger partial charge in [0.2, 0.25) is 5.91 Å². The lowest BCUT2D eigenvalue weighted by Crippen LogP contribution is -2.43. The van der Waals surface area contributed by atoms with Gasteiger partial charge in [-0.25, -0.2) is 0 Å². The molecule has 98 valence electrons. The SMILES string of the molecule is CCN(C(=O)C1CCCNC1)c1cccc(C)c1. The summed E-state index contributed by atoms with van der Waals surface area (Å²) in [6.07, 6.45) is 2.11. The first kappa shape index (κ1) is 13.1. The van der Waals surface area contributed by atoms with Crippen molar-refractivity contribution >= 4 is 11.6 Å². The molecule has 0 bridgehead atoms. The molecule has 1 amide bonds. The highest BCUT2D eigenvalue weighted by Crippen LogP contribution is 2.21. The predicted octanol–water partition coefficient (Wildman–Crippen LogP) is 2.35. The fourth-order valence-electron chi connectivity index (χ4n) is 2.54. The van der Waals surface area contributed by atoms with Crippen LogP contribution in [0.2, 0.25) is 0 Å². The average molecular weight is 246 g/mol. The van der Waals surface area contributed by atoms with Crippen LogP contribution in [0, 0.1) is 12.8 Å². The van der Waals surface area contributed by atoms with Crippen LogP contribution in [0.1, 0.15) is 25.3 Å². The van der Waals surface area contributed by atoms with Crippen LogP contribution in [0.15, 0.2) is 24.3 Å². The zero-order valence-electron chi connectivity index (χ0n) is 11.3. The molecule has 1 saturated heterocycles. The summed E-state index contributed by atoms with van der Waals surface area (Å²) in [6, 6.07) is 8.17. The van der Waals surface area contributed by atoms with Crippen LogP contribution in [-0.4, -0.2) is 25.5 Å². The highest BCUT2D eigenvalue weighted by atomic mass is 16.2. The summed E-state index contributed by atoms with van der Waals surface area (Å²) < 4.78 is 0. The second-order valence-electron chi connectivity index (χ2n) is 4.96. The van der Waals surface area contributed by atoms with E-state index in [1.807, 2.05) is 24.0 Å². The number of anilines is 1. The van der Waals surface area contributed by atoms with Gasteiger partial charge in [0.25, 0.3) is 0 Å². The van der Waals surface area contributed by atoms with Crippen molar-refractivity contribution in [2.24, 2.45) is 5.92 Å². The summed E-state index contributed by atoms with van der Waals surface area (Å²) in [7, 11) is 0. The Hall–Kier alpha value is -1.35. The maximum atomic E-state index is 12.5. The van der Waals surface area contributed by atoms with Crippen molar-refractivity contribution < 1.29 is 4.79 Å². The van der Waals surface area contributed by atoms with E-state index in [9.17, 15) is 4.79 Å². The second-order valence-corrected chi connectivity index (χ2v) is 4.96. The summed E-state index contributed by atoms with van der Waals surface area (Å²) in [4.78, 5) is 14.4. The smallest absolute Gasteiger partial charge is 0.231 e. The van der Waals surface area contributed by atoms with Crippen molar-refractivity contribution in [3.8, 4) is 0 Å². The van der Waals surface area contributed by atoms with E-state index < -0.39 is 0 Å². The van der Waals surface area contributed by atoms with Crippen molar-refractivity contribution in [1.82, 2.24) is 5.32 Å². The summed E-state index contributed by atoms with van der Waals surface area (Å²) in [5, 5.41) is 3.31. The molecule has 2 rings (SSSR count). The summed E-state index contributed by atoms with van der Waals surface area (Å²) in [5.41, 5.74) is 2.22. The van der Waals surface area contributed by atoms with Gasteiger partial charge >= 0.3 is 0 Å². The molecule has 1 heterocycles. The Kier molecular flexibility index (Phi) is 4.37. The van der Waals surface area contributed by atoms with Crippen molar-refractivity contribution in [2.45, 2.75) is 26.7 Å². The van der Waals surface area contributed by atoms with E-state index in [-0.39, 0.29) is 11.8 Å². The van der Waals surface area contributed by atoms with E-state index >= 15 is 0 Å². The van der Waals surface area contributed by atoms with Crippen molar-refractivity contribution in [3.63, 3.8) is 0 Å². The zero-order valence-corrected chi connectivity index (χ0v) is 11.3. The van der Waals surface area contributed by atoms with Gasteiger partial charge in [-0.1, -0.05) is 12.1 Å². The van der Waals surface area contributed by atoms with Crippen molar-refractivity contribution in [1.29, 1.82) is 0 Å². The Bertz CT molecular complexity index is 411. The summed E-state index contributed by atoms with van der Waals surface area (Å²) in [5.74, 6) is 0.398. The minimum absolute atomic E-state index is 0.138. The number of nitrogens with zero attached hydrogens (tertiary/aromatic N) is 1. The number of rotatable bonds is 3. The molecule has 0 aliphatic carbocycles. The number of hydrogen-bond donors (Lipinski definition) is 1. The Morgan fingerprint density at radius 3 is 2.94 bits per heavy atom. The topological polar surface area (TPSA) is 32.3 Å². The molecular formula is C15H22N2O. The molecule has 1 atom stereocenters. The van der Waals surface area contributed by atoms with Gasteiger partial charge in [-0.15, -0.1) is 0 Å². The Morgan fingerprint density at radius 2 is 2.33 bits per heavy atom. The molecule has 1 N–H and O–H groups in total. The third-order valence-electron chi connectivity index (χ3n) is 3.54. The van der Waals surface area contributed by atoms with E-state index in [1.165, 1.54) is 5.56 Å². The molecule has 1 aromatic rings. The Balaban J connectivity index is 2.14. The van der Waals surface area contributed by atoms with E-state index in [0.717, 1.165) is 38.2 Å². The molecule has 0 radical (unpaired) electrons.